The van der Waals surface area contributed by atoms with Gasteiger partial charge in [0.2, 0.25) is 15.0 Å². The van der Waals surface area contributed by atoms with E-state index in [-0.39, 0.29) is 10.9 Å². The molecule has 0 aliphatic carbocycles. The number of aromatic nitrogens is 2. The van der Waals surface area contributed by atoms with Crippen molar-refractivity contribution in [3.05, 3.63) is 50.4 Å². The van der Waals surface area contributed by atoms with Crippen molar-refractivity contribution in [3.63, 3.8) is 0 Å². The van der Waals surface area contributed by atoms with Crippen LogP contribution in [-0.2, 0) is 29.3 Å². The number of aromatic hydroxyl groups is 1. The first-order valence-corrected chi connectivity index (χ1v) is 9.53. The predicted octanol–water partition coefficient (Wildman–Crippen LogP) is 1.09. The molecule has 1 aliphatic rings. The topological polar surface area (TPSA) is 103 Å². The Kier molecular flexibility index (Phi) is 4.37. The number of halogens is 1. The van der Waals surface area contributed by atoms with Gasteiger partial charge in [-0.1, -0.05) is 17.7 Å². The van der Waals surface area contributed by atoms with Crippen LogP contribution in [0.5, 0.6) is 5.75 Å². The Balaban J connectivity index is 1.86. The number of nitrogens with zero attached hydrogens (tertiary/aromatic N) is 2. The average Bonchev–Trinajstić information content (AvgIpc) is 2.49. The minimum absolute atomic E-state index is 0.0988. The molecule has 0 saturated heterocycles. The number of phenolic OH excluding ortho intramolecular Hbond substituents is 1. The fourth-order valence-corrected chi connectivity index (χ4v) is 3.46. The van der Waals surface area contributed by atoms with E-state index < -0.39 is 15.4 Å². The number of fused-ring (bicyclic) bond motifs is 1. The Labute approximate surface area is 143 Å². The first-order valence-electron chi connectivity index (χ1n) is 7.26. The fraction of sp³-hybridized carbons (Fsp3) is 0.333. The molecular formula is C15H16ClN3O4S. The summed E-state index contributed by atoms with van der Waals surface area (Å²) in [6.45, 7) is 1.51. The number of hydrogen-bond donors (Lipinski definition) is 2. The van der Waals surface area contributed by atoms with Crippen LogP contribution in [-0.4, -0.2) is 41.2 Å². The van der Waals surface area contributed by atoms with Crippen LogP contribution in [0.2, 0.25) is 5.02 Å². The number of H-pyrrole nitrogens is 1. The standard InChI is InChI=1S/C15H16ClN3O4S/c1-24(22,23)15-17-13-4-5-19(8-11(13)14(21)18-15)7-9-2-3-10(20)6-12(9)16/h2-3,6,20H,4-5,7-8H2,1H3,(H,17,18,21). The molecule has 0 fully saturated rings. The van der Waals surface area contributed by atoms with Gasteiger partial charge < -0.3 is 5.11 Å². The lowest BCUT2D eigenvalue weighted by molar-refractivity contribution is 0.241. The summed E-state index contributed by atoms with van der Waals surface area (Å²) in [6.07, 6.45) is 1.50. The highest BCUT2D eigenvalue weighted by molar-refractivity contribution is 7.90. The van der Waals surface area contributed by atoms with Gasteiger partial charge in [0.25, 0.3) is 5.56 Å². The largest absolute Gasteiger partial charge is 0.508 e. The summed E-state index contributed by atoms with van der Waals surface area (Å²) in [6, 6.07) is 4.77. The number of nitrogens with one attached hydrogen (secondary N) is 1. The summed E-state index contributed by atoms with van der Waals surface area (Å²) < 4.78 is 23.1. The van der Waals surface area contributed by atoms with Gasteiger partial charge in [-0.05, 0) is 17.7 Å². The molecule has 2 heterocycles. The van der Waals surface area contributed by atoms with Gasteiger partial charge in [-0.25, -0.2) is 13.4 Å². The second kappa shape index (κ2) is 6.19. The van der Waals surface area contributed by atoms with Crippen molar-refractivity contribution >= 4 is 21.4 Å². The number of aromatic amines is 1. The van der Waals surface area contributed by atoms with Crippen molar-refractivity contribution in [1.29, 1.82) is 0 Å². The van der Waals surface area contributed by atoms with Crippen molar-refractivity contribution in [1.82, 2.24) is 14.9 Å². The Morgan fingerprint density at radius 3 is 2.83 bits per heavy atom. The molecule has 0 amide bonds. The first kappa shape index (κ1) is 16.9. The molecule has 3 rings (SSSR count). The van der Waals surface area contributed by atoms with Gasteiger partial charge in [0.05, 0.1) is 11.3 Å². The van der Waals surface area contributed by atoms with Crippen LogP contribution in [0.25, 0.3) is 0 Å². The van der Waals surface area contributed by atoms with Crippen molar-refractivity contribution in [2.75, 3.05) is 12.8 Å². The molecule has 1 aliphatic heterocycles. The zero-order valence-corrected chi connectivity index (χ0v) is 14.5. The van der Waals surface area contributed by atoms with E-state index in [1.807, 2.05) is 4.90 Å². The highest BCUT2D eigenvalue weighted by Crippen LogP contribution is 2.24. The third kappa shape index (κ3) is 3.45. The van der Waals surface area contributed by atoms with Crippen molar-refractivity contribution < 1.29 is 13.5 Å². The summed E-state index contributed by atoms with van der Waals surface area (Å²) in [4.78, 5) is 20.6. The van der Waals surface area contributed by atoms with Crippen LogP contribution in [0.3, 0.4) is 0 Å². The lowest BCUT2D eigenvalue weighted by Gasteiger charge is -2.27. The second-order valence-corrected chi connectivity index (χ2v) is 8.14. The van der Waals surface area contributed by atoms with E-state index in [1.54, 1.807) is 12.1 Å². The normalized spacial score (nSPS) is 15.2. The summed E-state index contributed by atoms with van der Waals surface area (Å²) in [5.41, 5.74) is 1.41. The Morgan fingerprint density at radius 2 is 2.17 bits per heavy atom. The summed E-state index contributed by atoms with van der Waals surface area (Å²) in [7, 11) is -3.55. The van der Waals surface area contributed by atoms with E-state index >= 15 is 0 Å². The van der Waals surface area contributed by atoms with Gasteiger partial charge in [0.1, 0.15) is 5.75 Å². The maximum absolute atomic E-state index is 12.2. The molecule has 7 nitrogen and oxygen atoms in total. The van der Waals surface area contributed by atoms with Gasteiger partial charge in [-0.3, -0.25) is 14.7 Å². The number of hydrogen-bond acceptors (Lipinski definition) is 6. The Hall–Kier alpha value is -1.90. The molecule has 0 spiro atoms. The van der Waals surface area contributed by atoms with E-state index in [1.165, 1.54) is 6.07 Å². The van der Waals surface area contributed by atoms with Crippen LogP contribution >= 0.6 is 11.6 Å². The van der Waals surface area contributed by atoms with Gasteiger partial charge in [-0.15, -0.1) is 0 Å². The second-order valence-electron chi connectivity index (χ2n) is 5.80. The quantitative estimate of drug-likeness (QED) is 0.785. The van der Waals surface area contributed by atoms with Gasteiger partial charge in [-0.2, -0.15) is 0 Å². The summed E-state index contributed by atoms with van der Waals surface area (Å²) in [5.74, 6) is 0.0988. The number of sulfone groups is 1. The van der Waals surface area contributed by atoms with Crippen LogP contribution in [0.4, 0.5) is 0 Å². The molecule has 1 aromatic heterocycles. The summed E-state index contributed by atoms with van der Waals surface area (Å²) >= 11 is 6.12. The third-order valence-corrected chi connectivity index (χ3v) is 5.16. The van der Waals surface area contributed by atoms with Crippen molar-refractivity contribution in [2.45, 2.75) is 24.7 Å². The van der Waals surface area contributed by atoms with E-state index in [2.05, 4.69) is 9.97 Å². The predicted molar refractivity (Wildman–Crippen MR) is 88.9 cm³/mol. The molecular weight excluding hydrogens is 354 g/mol. The van der Waals surface area contributed by atoms with Crippen LogP contribution in [0.15, 0.2) is 28.2 Å². The lowest BCUT2D eigenvalue weighted by Crippen LogP contribution is -2.36. The fourth-order valence-electron chi connectivity index (χ4n) is 2.67. The lowest BCUT2D eigenvalue weighted by atomic mass is 10.1. The molecule has 0 atom stereocenters. The number of benzene rings is 1. The highest BCUT2D eigenvalue weighted by Gasteiger charge is 2.23. The minimum Gasteiger partial charge on any atom is -0.508 e. The minimum atomic E-state index is -3.55. The van der Waals surface area contributed by atoms with Gasteiger partial charge >= 0.3 is 0 Å². The van der Waals surface area contributed by atoms with Crippen molar-refractivity contribution in [3.8, 4) is 5.75 Å². The van der Waals surface area contributed by atoms with Crippen LogP contribution in [0, 0.1) is 0 Å². The number of rotatable bonds is 3. The van der Waals surface area contributed by atoms with E-state index in [9.17, 15) is 18.3 Å². The molecule has 128 valence electrons. The maximum atomic E-state index is 12.2. The van der Waals surface area contributed by atoms with E-state index in [0.717, 1.165) is 11.8 Å². The molecule has 2 aromatic rings. The van der Waals surface area contributed by atoms with Gasteiger partial charge in [0.15, 0.2) is 0 Å². The average molecular weight is 370 g/mol. The molecule has 2 N–H and O–H groups in total. The Bertz CT molecular complexity index is 956. The van der Waals surface area contributed by atoms with Gasteiger partial charge in [0, 0.05) is 37.3 Å². The zero-order chi connectivity index (χ0) is 17.5. The van der Waals surface area contributed by atoms with Crippen LogP contribution in [0.1, 0.15) is 16.8 Å². The third-order valence-electron chi connectivity index (χ3n) is 3.91. The smallest absolute Gasteiger partial charge is 0.256 e. The molecule has 0 unspecified atom stereocenters. The maximum Gasteiger partial charge on any atom is 0.256 e. The molecule has 0 saturated carbocycles. The SMILES string of the molecule is CS(=O)(=O)c1nc2c(c(=O)[nH]1)CN(Cc1ccc(O)cc1Cl)CC2. The van der Waals surface area contributed by atoms with E-state index in [4.69, 9.17) is 11.6 Å². The monoisotopic (exact) mass is 369 g/mol. The molecule has 24 heavy (non-hydrogen) atoms. The summed E-state index contributed by atoms with van der Waals surface area (Å²) in [5, 5.41) is 9.57. The Morgan fingerprint density at radius 1 is 1.42 bits per heavy atom. The van der Waals surface area contributed by atoms with Crippen molar-refractivity contribution in [2.24, 2.45) is 0 Å². The molecule has 0 radical (unpaired) electrons. The highest BCUT2D eigenvalue weighted by atomic mass is 35.5. The molecule has 1 aromatic carbocycles. The molecule has 0 bridgehead atoms. The first-order chi connectivity index (χ1) is 11.2. The molecule has 9 heteroatoms. The van der Waals surface area contributed by atoms with Crippen LogP contribution < -0.4 is 5.56 Å². The number of phenols is 1. The van der Waals surface area contributed by atoms with E-state index in [0.29, 0.717) is 42.3 Å². The zero-order valence-electron chi connectivity index (χ0n) is 12.9.